The van der Waals surface area contributed by atoms with Crippen LogP contribution in [0.2, 0.25) is 0 Å². The second-order valence-corrected chi connectivity index (χ2v) is 2.72. The Balaban J connectivity index is 3.63. The Labute approximate surface area is 78.5 Å². The van der Waals surface area contributed by atoms with Gasteiger partial charge in [0.05, 0.1) is 21.9 Å². The molecule has 0 aliphatic heterocycles. The van der Waals surface area contributed by atoms with Crippen molar-refractivity contribution in [2.75, 3.05) is 0 Å². The third kappa shape index (κ3) is 6.22. The highest BCUT2D eigenvalue weighted by atomic mass is 31.0. The van der Waals surface area contributed by atoms with E-state index in [0.717, 1.165) is 0 Å². The molecule has 0 radical (unpaired) electrons. The number of hydrogen-bond donors (Lipinski definition) is 1. The minimum absolute atomic E-state index is 0.0148. The molecule has 0 heterocycles. The molecule has 0 rings (SSSR count). The summed E-state index contributed by atoms with van der Waals surface area (Å²) in [7, 11) is 1.81. The van der Waals surface area contributed by atoms with Gasteiger partial charge in [0, 0.05) is 6.42 Å². The first-order valence-corrected chi connectivity index (χ1v) is 4.21. The molecule has 0 aliphatic rings. The van der Waals surface area contributed by atoms with Crippen LogP contribution in [0.15, 0.2) is 0 Å². The first kappa shape index (κ1) is 12.0. The van der Waals surface area contributed by atoms with Gasteiger partial charge in [-0.05, 0) is 6.92 Å². The van der Waals surface area contributed by atoms with Crippen molar-refractivity contribution in [3.63, 3.8) is 0 Å². The average molecular weight is 205 g/mol. The quantitative estimate of drug-likeness (QED) is 0.498. The summed E-state index contributed by atoms with van der Waals surface area (Å²) in [5.41, 5.74) is 0. The van der Waals surface area contributed by atoms with E-state index in [1.54, 1.807) is 16.4 Å². The van der Waals surface area contributed by atoms with E-state index in [4.69, 9.17) is 0 Å². The molecule has 0 aliphatic carbocycles. The molecule has 0 aromatic heterocycles. The van der Waals surface area contributed by atoms with Gasteiger partial charge in [-0.1, -0.05) is 0 Å². The van der Waals surface area contributed by atoms with E-state index in [9.17, 15) is 14.4 Å². The predicted octanol–water partition coefficient (Wildman–Crippen LogP) is -0.197. The van der Waals surface area contributed by atoms with Gasteiger partial charge in [-0.3, -0.25) is 9.59 Å². The molecule has 0 aromatic carbocycles. The highest BCUT2D eigenvalue weighted by Crippen LogP contribution is 1.96. The molecule has 1 amide bonds. The number of carbonyl (C=O) groups is 3. The Kier molecular flexibility index (Phi) is 6.06. The van der Waals surface area contributed by atoms with Crippen LogP contribution < -0.4 is 5.32 Å². The molecule has 6 heteroatoms. The zero-order chi connectivity index (χ0) is 10.3. The molecule has 0 aromatic rings. The predicted molar refractivity (Wildman–Crippen MR) is 48.7 cm³/mol. The van der Waals surface area contributed by atoms with E-state index >= 15 is 0 Å². The number of amides is 1. The van der Waals surface area contributed by atoms with Crippen LogP contribution in [0, 0.1) is 0 Å². The van der Waals surface area contributed by atoms with E-state index < -0.39 is 12.0 Å². The van der Waals surface area contributed by atoms with Crippen LogP contribution in [0.25, 0.3) is 0 Å². The molecule has 2 atom stereocenters. The number of carbonyl (C=O) groups excluding carboxylic acids is 3. The van der Waals surface area contributed by atoms with E-state index in [0.29, 0.717) is 6.29 Å². The molecule has 0 saturated carbocycles. The van der Waals surface area contributed by atoms with Gasteiger partial charge < -0.3 is 14.6 Å². The lowest BCUT2D eigenvalue weighted by Gasteiger charge is -2.05. The van der Waals surface area contributed by atoms with Crippen LogP contribution in [0.5, 0.6) is 0 Å². The lowest BCUT2D eigenvalue weighted by Crippen LogP contribution is -2.33. The van der Waals surface area contributed by atoms with E-state index in [2.05, 4.69) is 9.84 Å². The molecule has 2 unspecified atom stereocenters. The molecular weight excluding hydrogens is 193 g/mol. The number of rotatable bonds is 5. The van der Waals surface area contributed by atoms with Gasteiger partial charge in [-0.15, -0.1) is 0 Å². The van der Waals surface area contributed by atoms with Gasteiger partial charge in [-0.25, -0.2) is 0 Å². The standard InChI is InChI=1S/C7H12NO4P/c1-5(4-9)8-6(10)2-3-7(11)12-13/h4-5H,2-3,13H2,1H3,(H,8,10). The van der Waals surface area contributed by atoms with Crippen LogP contribution in [-0.2, 0) is 18.9 Å². The molecule has 0 spiro atoms. The second-order valence-electron chi connectivity index (χ2n) is 2.48. The van der Waals surface area contributed by atoms with Crippen molar-refractivity contribution in [2.24, 2.45) is 0 Å². The van der Waals surface area contributed by atoms with Crippen molar-refractivity contribution < 1.29 is 18.9 Å². The highest BCUT2D eigenvalue weighted by molar-refractivity contribution is 7.10. The monoisotopic (exact) mass is 205 g/mol. The maximum atomic E-state index is 10.9. The van der Waals surface area contributed by atoms with Gasteiger partial charge in [0.2, 0.25) is 5.91 Å². The first-order chi connectivity index (χ1) is 6.10. The van der Waals surface area contributed by atoms with Gasteiger partial charge >= 0.3 is 5.97 Å². The van der Waals surface area contributed by atoms with Gasteiger partial charge in [0.15, 0.2) is 0 Å². The van der Waals surface area contributed by atoms with Crippen molar-refractivity contribution in [3.8, 4) is 0 Å². The summed E-state index contributed by atoms with van der Waals surface area (Å²) < 4.78 is 4.26. The second kappa shape index (κ2) is 6.54. The fourth-order valence-corrected chi connectivity index (χ4v) is 0.752. The molecule has 0 bridgehead atoms. The van der Waals surface area contributed by atoms with Gasteiger partial charge in [-0.2, -0.15) is 0 Å². The summed E-state index contributed by atoms with van der Waals surface area (Å²) in [6.07, 6.45) is 0.665. The average Bonchev–Trinajstić information content (AvgIpc) is 2.13. The first-order valence-electron chi connectivity index (χ1n) is 3.74. The fourth-order valence-electron chi connectivity index (χ4n) is 0.635. The SMILES string of the molecule is CC(C=O)NC(=O)CCC(=O)OP. The maximum Gasteiger partial charge on any atom is 0.308 e. The minimum atomic E-state index is -0.514. The summed E-state index contributed by atoms with van der Waals surface area (Å²) in [6, 6.07) is -0.514. The smallest absolute Gasteiger partial charge is 0.308 e. The number of nitrogens with one attached hydrogen (secondary N) is 1. The summed E-state index contributed by atoms with van der Waals surface area (Å²) in [5, 5.41) is 2.39. The van der Waals surface area contributed by atoms with Crippen molar-refractivity contribution >= 4 is 27.6 Å². The van der Waals surface area contributed by atoms with Crippen LogP contribution >= 0.6 is 9.47 Å². The highest BCUT2D eigenvalue weighted by Gasteiger charge is 2.08. The van der Waals surface area contributed by atoms with Crippen molar-refractivity contribution in [3.05, 3.63) is 0 Å². The topological polar surface area (TPSA) is 72.5 Å². The Morgan fingerprint density at radius 3 is 2.62 bits per heavy atom. The van der Waals surface area contributed by atoms with Crippen LogP contribution in [0.3, 0.4) is 0 Å². The summed E-state index contributed by atoms with van der Waals surface area (Å²) in [5.74, 6) is -0.811. The molecule has 13 heavy (non-hydrogen) atoms. The van der Waals surface area contributed by atoms with Crippen molar-refractivity contribution in [2.45, 2.75) is 25.8 Å². The lowest BCUT2D eigenvalue weighted by atomic mass is 10.3. The van der Waals surface area contributed by atoms with Gasteiger partial charge in [0.1, 0.15) is 6.29 Å². The molecule has 0 saturated heterocycles. The molecular formula is C7H12NO4P. The molecule has 5 nitrogen and oxygen atoms in total. The van der Waals surface area contributed by atoms with Crippen molar-refractivity contribution in [1.82, 2.24) is 5.32 Å². The molecule has 0 fully saturated rings. The van der Waals surface area contributed by atoms with E-state index in [1.807, 2.05) is 0 Å². The van der Waals surface area contributed by atoms with Crippen LogP contribution in [-0.4, -0.2) is 24.2 Å². The number of hydrogen-bond acceptors (Lipinski definition) is 4. The zero-order valence-electron chi connectivity index (χ0n) is 7.28. The Morgan fingerprint density at radius 2 is 2.15 bits per heavy atom. The third-order valence-corrected chi connectivity index (χ3v) is 1.54. The Hall–Kier alpha value is -0.960. The van der Waals surface area contributed by atoms with Crippen LogP contribution in [0.4, 0.5) is 0 Å². The molecule has 74 valence electrons. The fraction of sp³-hybridized carbons (Fsp3) is 0.571. The van der Waals surface area contributed by atoms with E-state index in [-0.39, 0.29) is 18.7 Å². The Morgan fingerprint density at radius 1 is 1.54 bits per heavy atom. The normalized spacial score (nSPS) is 11.5. The Bertz CT molecular complexity index is 207. The summed E-state index contributed by atoms with van der Waals surface area (Å²) >= 11 is 0. The third-order valence-electron chi connectivity index (χ3n) is 1.28. The minimum Gasteiger partial charge on any atom is -0.451 e. The van der Waals surface area contributed by atoms with Crippen LogP contribution in [0.1, 0.15) is 19.8 Å². The number of aldehydes is 1. The summed E-state index contributed by atoms with van der Waals surface area (Å²) in [4.78, 5) is 31.7. The lowest BCUT2D eigenvalue weighted by molar-refractivity contribution is -0.135. The van der Waals surface area contributed by atoms with E-state index in [1.165, 1.54) is 0 Å². The summed E-state index contributed by atoms with van der Waals surface area (Å²) in [6.45, 7) is 1.55. The maximum absolute atomic E-state index is 10.9. The zero-order valence-corrected chi connectivity index (χ0v) is 8.43. The molecule has 1 N–H and O–H groups in total. The van der Waals surface area contributed by atoms with Gasteiger partial charge in [0.25, 0.3) is 0 Å². The largest absolute Gasteiger partial charge is 0.451 e. The van der Waals surface area contributed by atoms with Crippen molar-refractivity contribution in [1.29, 1.82) is 0 Å².